The van der Waals surface area contributed by atoms with Crippen LogP contribution in [0, 0.1) is 13.8 Å². The number of rotatable bonds is 3. The molecule has 14 heavy (non-hydrogen) atoms. The molecule has 0 bridgehead atoms. The molecule has 1 aromatic carbocycles. The zero-order chi connectivity index (χ0) is 10.7. The fourth-order valence-corrected chi connectivity index (χ4v) is 1.32. The molecule has 76 valence electrons. The van der Waals surface area contributed by atoms with Crippen LogP contribution >= 0.6 is 0 Å². The van der Waals surface area contributed by atoms with Gasteiger partial charge in [-0.3, -0.25) is 0 Å². The summed E-state index contributed by atoms with van der Waals surface area (Å²) in [6.45, 7) is 3.98. The first kappa shape index (κ1) is 10.7. The molecule has 0 heterocycles. The number of aryl methyl sites for hydroxylation is 2. The summed E-state index contributed by atoms with van der Waals surface area (Å²) in [7, 11) is 1.57. The Kier molecular flexibility index (Phi) is 3.25. The molecule has 0 saturated heterocycles. The van der Waals surface area contributed by atoms with Crippen molar-refractivity contribution in [3.8, 4) is 5.75 Å². The number of methoxy groups -OCH3 is 1. The first-order valence-corrected chi connectivity index (χ1v) is 4.46. The Morgan fingerprint density at radius 2 is 1.93 bits per heavy atom. The third kappa shape index (κ3) is 1.93. The maximum Gasteiger partial charge on any atom is 0.141 e. The van der Waals surface area contributed by atoms with E-state index in [9.17, 15) is 4.79 Å². The van der Waals surface area contributed by atoms with Gasteiger partial charge >= 0.3 is 0 Å². The fourth-order valence-electron chi connectivity index (χ4n) is 1.32. The smallest absolute Gasteiger partial charge is 0.141 e. The molecule has 0 radical (unpaired) electrons. The lowest BCUT2D eigenvalue weighted by Gasteiger charge is -2.13. The lowest BCUT2D eigenvalue weighted by molar-refractivity contribution is -0.109. The van der Waals surface area contributed by atoms with E-state index in [-0.39, 0.29) is 0 Å². The summed E-state index contributed by atoms with van der Waals surface area (Å²) in [5.74, 6) is 0.674. The number of benzene rings is 1. The highest BCUT2D eigenvalue weighted by atomic mass is 16.5. The van der Waals surface area contributed by atoms with Gasteiger partial charge in [0.2, 0.25) is 0 Å². The molecule has 3 heteroatoms. The summed E-state index contributed by atoms with van der Waals surface area (Å²) < 4.78 is 5.17. The zero-order valence-corrected chi connectivity index (χ0v) is 8.70. The summed E-state index contributed by atoms with van der Waals surface area (Å²) in [4.78, 5) is 10.6. The van der Waals surface area contributed by atoms with Gasteiger partial charge in [0.05, 0.1) is 13.2 Å². The van der Waals surface area contributed by atoms with Gasteiger partial charge in [-0.05, 0) is 31.0 Å². The van der Waals surface area contributed by atoms with E-state index in [2.05, 4.69) is 0 Å². The minimum atomic E-state index is -0.607. The van der Waals surface area contributed by atoms with E-state index >= 15 is 0 Å². The van der Waals surface area contributed by atoms with E-state index in [1.165, 1.54) is 0 Å². The van der Waals surface area contributed by atoms with Crippen LogP contribution in [0.4, 0.5) is 0 Å². The van der Waals surface area contributed by atoms with Crippen LogP contribution in [0.15, 0.2) is 12.1 Å². The highest BCUT2D eigenvalue weighted by Gasteiger charge is 2.12. The van der Waals surface area contributed by atoms with Crippen LogP contribution in [-0.2, 0) is 4.79 Å². The second kappa shape index (κ2) is 4.24. The molecular weight excluding hydrogens is 178 g/mol. The molecule has 1 aromatic rings. The number of nitrogens with two attached hydrogens (primary N) is 1. The summed E-state index contributed by atoms with van der Waals surface area (Å²) in [6, 6.07) is 3.19. The lowest BCUT2D eigenvalue weighted by atomic mass is 10.0. The Bertz CT molecular complexity index is 347. The maximum atomic E-state index is 10.6. The first-order valence-electron chi connectivity index (χ1n) is 4.46. The SMILES string of the molecule is COc1cc(C)c(C)cc1C(N)C=O. The van der Waals surface area contributed by atoms with Crippen molar-refractivity contribution in [1.29, 1.82) is 0 Å². The van der Waals surface area contributed by atoms with Crippen molar-refractivity contribution in [1.82, 2.24) is 0 Å². The number of hydrogen-bond acceptors (Lipinski definition) is 3. The number of carbonyl (C=O) groups is 1. The van der Waals surface area contributed by atoms with E-state index in [0.717, 1.165) is 16.7 Å². The second-order valence-electron chi connectivity index (χ2n) is 3.34. The molecule has 0 aliphatic rings. The van der Waals surface area contributed by atoms with Crippen LogP contribution in [-0.4, -0.2) is 13.4 Å². The topological polar surface area (TPSA) is 52.3 Å². The van der Waals surface area contributed by atoms with Gasteiger partial charge in [0.25, 0.3) is 0 Å². The average molecular weight is 193 g/mol. The molecule has 1 rings (SSSR count). The van der Waals surface area contributed by atoms with E-state index in [0.29, 0.717) is 12.0 Å². The van der Waals surface area contributed by atoms with Gasteiger partial charge in [0.1, 0.15) is 12.0 Å². The van der Waals surface area contributed by atoms with Crippen molar-refractivity contribution >= 4 is 6.29 Å². The largest absolute Gasteiger partial charge is 0.496 e. The van der Waals surface area contributed by atoms with E-state index in [1.807, 2.05) is 26.0 Å². The molecule has 1 atom stereocenters. The molecule has 0 aromatic heterocycles. The van der Waals surface area contributed by atoms with Crippen molar-refractivity contribution in [3.63, 3.8) is 0 Å². The standard InChI is InChI=1S/C11H15NO2/c1-7-4-9(10(12)6-13)11(14-3)5-8(7)2/h4-6,10H,12H2,1-3H3. The van der Waals surface area contributed by atoms with E-state index in [1.54, 1.807) is 7.11 Å². The average Bonchev–Trinajstić information content (AvgIpc) is 2.20. The predicted molar refractivity (Wildman–Crippen MR) is 55.5 cm³/mol. The number of hydrogen-bond donors (Lipinski definition) is 1. The molecule has 0 amide bonds. The van der Waals surface area contributed by atoms with Gasteiger partial charge in [0.15, 0.2) is 0 Å². The highest BCUT2D eigenvalue weighted by molar-refractivity contribution is 5.64. The van der Waals surface area contributed by atoms with Gasteiger partial charge in [-0.2, -0.15) is 0 Å². The third-order valence-corrected chi connectivity index (χ3v) is 2.35. The summed E-state index contributed by atoms with van der Waals surface area (Å²) in [6.07, 6.45) is 0.715. The summed E-state index contributed by atoms with van der Waals surface area (Å²) in [5, 5.41) is 0. The number of carbonyl (C=O) groups excluding carboxylic acids is 1. The van der Waals surface area contributed by atoms with Crippen LogP contribution in [0.3, 0.4) is 0 Å². The van der Waals surface area contributed by atoms with E-state index in [4.69, 9.17) is 10.5 Å². The van der Waals surface area contributed by atoms with E-state index < -0.39 is 6.04 Å². The molecule has 2 N–H and O–H groups in total. The Morgan fingerprint density at radius 1 is 1.36 bits per heavy atom. The molecule has 3 nitrogen and oxygen atoms in total. The quantitative estimate of drug-likeness (QED) is 0.740. The first-order chi connectivity index (χ1) is 6.60. The monoisotopic (exact) mass is 193 g/mol. The normalized spacial score (nSPS) is 12.3. The van der Waals surface area contributed by atoms with Crippen LogP contribution in [0.1, 0.15) is 22.7 Å². The minimum absolute atomic E-state index is 0.607. The summed E-state index contributed by atoms with van der Waals surface area (Å²) in [5.41, 5.74) is 8.62. The van der Waals surface area contributed by atoms with Crippen LogP contribution in [0.25, 0.3) is 0 Å². The van der Waals surface area contributed by atoms with Crippen LogP contribution < -0.4 is 10.5 Å². The van der Waals surface area contributed by atoms with Gasteiger partial charge in [0, 0.05) is 5.56 Å². The maximum absolute atomic E-state index is 10.6. The Labute approximate surface area is 83.9 Å². The highest BCUT2D eigenvalue weighted by Crippen LogP contribution is 2.26. The third-order valence-electron chi connectivity index (χ3n) is 2.35. The second-order valence-corrected chi connectivity index (χ2v) is 3.34. The molecule has 0 aliphatic carbocycles. The lowest BCUT2D eigenvalue weighted by Crippen LogP contribution is -2.13. The van der Waals surface area contributed by atoms with Crippen LogP contribution in [0.2, 0.25) is 0 Å². The van der Waals surface area contributed by atoms with Gasteiger partial charge in [-0.15, -0.1) is 0 Å². The van der Waals surface area contributed by atoms with Gasteiger partial charge in [-0.1, -0.05) is 6.07 Å². The Morgan fingerprint density at radius 3 is 2.43 bits per heavy atom. The number of aldehydes is 1. The summed E-state index contributed by atoms with van der Waals surface area (Å²) >= 11 is 0. The molecule has 0 saturated carbocycles. The molecular formula is C11H15NO2. The van der Waals surface area contributed by atoms with Crippen molar-refractivity contribution in [2.45, 2.75) is 19.9 Å². The number of ether oxygens (including phenoxy) is 1. The molecule has 0 aliphatic heterocycles. The van der Waals surface area contributed by atoms with Crippen molar-refractivity contribution < 1.29 is 9.53 Å². The van der Waals surface area contributed by atoms with Crippen molar-refractivity contribution in [2.75, 3.05) is 7.11 Å². The van der Waals surface area contributed by atoms with Crippen molar-refractivity contribution in [2.24, 2.45) is 5.73 Å². The molecule has 0 fully saturated rings. The Hall–Kier alpha value is -1.35. The molecule has 1 unspecified atom stereocenters. The van der Waals surface area contributed by atoms with Gasteiger partial charge in [-0.25, -0.2) is 0 Å². The minimum Gasteiger partial charge on any atom is -0.496 e. The molecule has 0 spiro atoms. The van der Waals surface area contributed by atoms with Crippen LogP contribution in [0.5, 0.6) is 5.75 Å². The van der Waals surface area contributed by atoms with Crippen molar-refractivity contribution in [3.05, 3.63) is 28.8 Å². The van der Waals surface area contributed by atoms with Gasteiger partial charge < -0.3 is 15.3 Å². The fraction of sp³-hybridized carbons (Fsp3) is 0.364. The zero-order valence-electron chi connectivity index (χ0n) is 8.70. The Balaban J connectivity index is 3.26. The predicted octanol–water partition coefficient (Wildman–Crippen LogP) is 1.51.